The van der Waals surface area contributed by atoms with Gasteiger partial charge in [0.15, 0.2) is 0 Å². The third kappa shape index (κ3) is 3.69. The number of anilines is 1. The van der Waals surface area contributed by atoms with E-state index in [1.54, 1.807) is 0 Å². The van der Waals surface area contributed by atoms with E-state index in [9.17, 15) is 0 Å². The molecule has 0 aliphatic carbocycles. The summed E-state index contributed by atoms with van der Waals surface area (Å²) >= 11 is 6.14. The van der Waals surface area contributed by atoms with Gasteiger partial charge in [-0.3, -0.25) is 0 Å². The van der Waals surface area contributed by atoms with Gasteiger partial charge in [0.25, 0.3) is 0 Å². The lowest BCUT2D eigenvalue weighted by Gasteiger charge is -2.19. The normalized spacial score (nSPS) is 10.8. The van der Waals surface area contributed by atoms with Crippen molar-refractivity contribution in [3.05, 3.63) is 28.8 Å². The van der Waals surface area contributed by atoms with Crippen LogP contribution in [0.3, 0.4) is 0 Å². The van der Waals surface area contributed by atoms with Crippen LogP contribution in [0.25, 0.3) is 0 Å². The van der Waals surface area contributed by atoms with E-state index in [0.717, 1.165) is 36.9 Å². The zero-order valence-corrected chi connectivity index (χ0v) is 11.1. The minimum absolute atomic E-state index is 0.805. The van der Waals surface area contributed by atoms with E-state index in [2.05, 4.69) is 37.1 Å². The van der Waals surface area contributed by atoms with Crippen molar-refractivity contribution in [2.75, 3.05) is 31.5 Å². The molecule has 0 amide bonds. The van der Waals surface area contributed by atoms with Crippen molar-refractivity contribution in [1.29, 1.82) is 0 Å². The Morgan fingerprint density at radius 1 is 1.25 bits per heavy atom. The molecule has 0 unspecified atom stereocenters. The first-order valence-electron chi connectivity index (χ1n) is 5.90. The molecule has 0 fully saturated rings. The van der Waals surface area contributed by atoms with Crippen LogP contribution in [0, 0.1) is 6.92 Å². The van der Waals surface area contributed by atoms with E-state index in [0.29, 0.717) is 0 Å². The second kappa shape index (κ2) is 6.77. The highest BCUT2D eigenvalue weighted by atomic mass is 35.5. The number of aryl methyl sites for hydroxylation is 1. The predicted octanol–water partition coefficient (Wildman–Crippen LogP) is 3.40. The molecule has 1 aromatic rings. The van der Waals surface area contributed by atoms with Gasteiger partial charge in [0.05, 0.1) is 10.7 Å². The molecular weight excluding hydrogens is 220 g/mol. The monoisotopic (exact) mass is 240 g/mol. The average Bonchev–Trinajstić information content (AvgIpc) is 2.28. The second-order valence-electron chi connectivity index (χ2n) is 3.89. The van der Waals surface area contributed by atoms with Gasteiger partial charge in [-0.25, -0.2) is 0 Å². The second-order valence-corrected chi connectivity index (χ2v) is 4.29. The molecule has 90 valence electrons. The molecule has 0 saturated heterocycles. The molecule has 0 aromatic heterocycles. The highest BCUT2D eigenvalue weighted by Crippen LogP contribution is 2.24. The van der Waals surface area contributed by atoms with Gasteiger partial charge in [0.2, 0.25) is 0 Å². The number of rotatable bonds is 6. The van der Waals surface area contributed by atoms with Gasteiger partial charge in [-0.15, -0.1) is 0 Å². The van der Waals surface area contributed by atoms with Crippen molar-refractivity contribution < 1.29 is 0 Å². The van der Waals surface area contributed by atoms with Crippen LogP contribution in [0.4, 0.5) is 5.69 Å². The number of para-hydroxylation sites is 1. The first-order valence-corrected chi connectivity index (χ1v) is 6.28. The summed E-state index contributed by atoms with van der Waals surface area (Å²) in [5.74, 6) is 0. The minimum Gasteiger partial charge on any atom is -0.382 e. The number of likely N-dealkylation sites (N-methyl/N-ethyl adjacent to an activating group) is 1. The molecule has 0 saturated carbocycles. The summed E-state index contributed by atoms with van der Waals surface area (Å²) in [6.07, 6.45) is 0. The molecule has 1 rings (SSSR count). The Kier molecular flexibility index (Phi) is 5.64. The standard InChI is InChI=1S/C13H21ClN2/c1-4-16(5-2)10-9-15-13-11(3)7-6-8-12(13)14/h6-8,15H,4-5,9-10H2,1-3H3. The topological polar surface area (TPSA) is 15.3 Å². The summed E-state index contributed by atoms with van der Waals surface area (Å²) in [6.45, 7) is 10.6. The summed E-state index contributed by atoms with van der Waals surface area (Å²) in [4.78, 5) is 2.39. The number of hydrogen-bond donors (Lipinski definition) is 1. The highest BCUT2D eigenvalue weighted by molar-refractivity contribution is 6.33. The minimum atomic E-state index is 0.805. The lowest BCUT2D eigenvalue weighted by molar-refractivity contribution is 0.316. The molecule has 0 atom stereocenters. The first kappa shape index (κ1) is 13.3. The molecule has 0 bridgehead atoms. The van der Waals surface area contributed by atoms with E-state index in [1.807, 2.05) is 12.1 Å². The van der Waals surface area contributed by atoms with Crippen molar-refractivity contribution >= 4 is 17.3 Å². The maximum Gasteiger partial charge on any atom is 0.0640 e. The SMILES string of the molecule is CCN(CC)CCNc1c(C)cccc1Cl. The van der Waals surface area contributed by atoms with Crippen molar-refractivity contribution in [3.8, 4) is 0 Å². The molecule has 0 aliphatic heterocycles. The Morgan fingerprint density at radius 2 is 1.94 bits per heavy atom. The number of halogens is 1. The Bertz CT molecular complexity index is 301. The molecule has 0 heterocycles. The van der Waals surface area contributed by atoms with Gasteiger partial charge in [0, 0.05) is 13.1 Å². The highest BCUT2D eigenvalue weighted by Gasteiger charge is 2.03. The lowest BCUT2D eigenvalue weighted by atomic mass is 10.2. The Hall–Kier alpha value is -0.730. The number of nitrogens with one attached hydrogen (secondary N) is 1. The third-order valence-electron chi connectivity index (χ3n) is 2.85. The van der Waals surface area contributed by atoms with Gasteiger partial charge < -0.3 is 10.2 Å². The van der Waals surface area contributed by atoms with Gasteiger partial charge in [-0.1, -0.05) is 37.6 Å². The summed E-state index contributed by atoms with van der Waals surface area (Å²) < 4.78 is 0. The molecule has 3 heteroatoms. The Morgan fingerprint density at radius 3 is 2.50 bits per heavy atom. The van der Waals surface area contributed by atoms with Crippen molar-refractivity contribution in [1.82, 2.24) is 4.90 Å². The largest absolute Gasteiger partial charge is 0.382 e. The van der Waals surface area contributed by atoms with Crippen LogP contribution in [-0.2, 0) is 0 Å². The van der Waals surface area contributed by atoms with Crippen LogP contribution in [0.15, 0.2) is 18.2 Å². The van der Waals surface area contributed by atoms with Crippen molar-refractivity contribution in [2.45, 2.75) is 20.8 Å². The third-order valence-corrected chi connectivity index (χ3v) is 3.16. The molecular formula is C13H21ClN2. The maximum absolute atomic E-state index is 6.14. The van der Waals surface area contributed by atoms with Gasteiger partial charge in [0.1, 0.15) is 0 Å². The first-order chi connectivity index (χ1) is 7.69. The van der Waals surface area contributed by atoms with E-state index >= 15 is 0 Å². The maximum atomic E-state index is 6.14. The van der Waals surface area contributed by atoms with Crippen LogP contribution < -0.4 is 5.32 Å². The van der Waals surface area contributed by atoms with Crippen LogP contribution in [-0.4, -0.2) is 31.1 Å². The summed E-state index contributed by atoms with van der Waals surface area (Å²) in [5.41, 5.74) is 2.27. The quantitative estimate of drug-likeness (QED) is 0.820. The Balaban J connectivity index is 2.48. The van der Waals surface area contributed by atoms with Crippen LogP contribution >= 0.6 is 11.6 Å². The van der Waals surface area contributed by atoms with Crippen LogP contribution in [0.5, 0.6) is 0 Å². The Labute approximate surface area is 104 Å². The molecule has 0 aliphatic rings. The summed E-state index contributed by atoms with van der Waals surface area (Å²) in [7, 11) is 0. The van der Waals surface area contributed by atoms with Crippen LogP contribution in [0.2, 0.25) is 5.02 Å². The zero-order chi connectivity index (χ0) is 12.0. The van der Waals surface area contributed by atoms with Gasteiger partial charge >= 0.3 is 0 Å². The number of hydrogen-bond acceptors (Lipinski definition) is 2. The molecule has 2 nitrogen and oxygen atoms in total. The van der Waals surface area contributed by atoms with Crippen molar-refractivity contribution in [2.24, 2.45) is 0 Å². The fourth-order valence-corrected chi connectivity index (χ4v) is 2.02. The lowest BCUT2D eigenvalue weighted by Crippen LogP contribution is -2.28. The van der Waals surface area contributed by atoms with E-state index < -0.39 is 0 Å². The molecule has 1 aromatic carbocycles. The summed E-state index contributed by atoms with van der Waals surface area (Å²) in [6, 6.07) is 5.98. The van der Waals surface area contributed by atoms with E-state index in [-0.39, 0.29) is 0 Å². The number of benzene rings is 1. The molecule has 1 N–H and O–H groups in total. The fourth-order valence-electron chi connectivity index (χ4n) is 1.73. The number of nitrogens with zero attached hydrogens (tertiary/aromatic N) is 1. The molecule has 0 radical (unpaired) electrons. The smallest absolute Gasteiger partial charge is 0.0640 e. The van der Waals surface area contributed by atoms with Crippen LogP contribution in [0.1, 0.15) is 19.4 Å². The van der Waals surface area contributed by atoms with Gasteiger partial charge in [-0.2, -0.15) is 0 Å². The predicted molar refractivity (Wildman–Crippen MR) is 72.5 cm³/mol. The van der Waals surface area contributed by atoms with Crippen molar-refractivity contribution in [3.63, 3.8) is 0 Å². The molecule has 0 spiro atoms. The molecule has 16 heavy (non-hydrogen) atoms. The zero-order valence-electron chi connectivity index (χ0n) is 10.4. The van der Waals surface area contributed by atoms with E-state index in [4.69, 9.17) is 11.6 Å². The fraction of sp³-hybridized carbons (Fsp3) is 0.538. The summed E-state index contributed by atoms with van der Waals surface area (Å²) in [5, 5.41) is 4.21. The van der Waals surface area contributed by atoms with Gasteiger partial charge in [-0.05, 0) is 31.6 Å². The average molecular weight is 241 g/mol. The van der Waals surface area contributed by atoms with E-state index in [1.165, 1.54) is 5.56 Å².